The molecule has 1 aliphatic carbocycles. The number of hydrogen-bond acceptors (Lipinski definition) is 4. The van der Waals surface area contributed by atoms with Crippen LogP contribution in [0.15, 0.2) is 18.2 Å². The van der Waals surface area contributed by atoms with E-state index in [0.29, 0.717) is 5.56 Å². The number of hydrogen-bond donors (Lipinski definition) is 1. The van der Waals surface area contributed by atoms with Crippen molar-refractivity contribution in [2.45, 2.75) is 38.7 Å². The predicted octanol–water partition coefficient (Wildman–Crippen LogP) is 3.10. The van der Waals surface area contributed by atoms with Gasteiger partial charge >= 0.3 is 0 Å². The van der Waals surface area contributed by atoms with Crippen LogP contribution >= 0.6 is 0 Å². The van der Waals surface area contributed by atoms with Gasteiger partial charge in [-0.3, -0.25) is 10.1 Å². The molecule has 2 aliphatic rings. The molecule has 0 radical (unpaired) electrons. The Kier molecular flexibility index (Phi) is 4.10. The molecule has 1 saturated carbocycles. The van der Waals surface area contributed by atoms with Gasteiger partial charge in [0, 0.05) is 24.8 Å². The Labute approximate surface area is 124 Å². The summed E-state index contributed by atoms with van der Waals surface area (Å²) >= 11 is 0. The van der Waals surface area contributed by atoms with Gasteiger partial charge in [0.2, 0.25) is 0 Å². The van der Waals surface area contributed by atoms with Crippen molar-refractivity contribution in [1.82, 2.24) is 0 Å². The average molecular weight is 290 g/mol. The molecule has 0 aromatic heterocycles. The summed E-state index contributed by atoms with van der Waals surface area (Å²) in [5.41, 5.74) is 1.42. The van der Waals surface area contributed by atoms with Crippen LogP contribution in [-0.2, 0) is 6.61 Å². The van der Waals surface area contributed by atoms with Crippen molar-refractivity contribution in [3.05, 3.63) is 33.9 Å². The molecule has 0 bridgehead atoms. The maximum absolute atomic E-state index is 10.9. The van der Waals surface area contributed by atoms with Crippen molar-refractivity contribution in [3.8, 4) is 0 Å². The Balaban J connectivity index is 1.79. The zero-order valence-corrected chi connectivity index (χ0v) is 12.2. The van der Waals surface area contributed by atoms with E-state index in [1.807, 2.05) is 6.07 Å². The molecule has 2 fully saturated rings. The number of fused-ring (bicyclic) bond motifs is 1. The summed E-state index contributed by atoms with van der Waals surface area (Å²) in [5.74, 6) is 1.63. The quantitative estimate of drug-likeness (QED) is 0.686. The van der Waals surface area contributed by atoms with Crippen LogP contribution < -0.4 is 4.90 Å². The van der Waals surface area contributed by atoms with Crippen molar-refractivity contribution >= 4 is 11.4 Å². The van der Waals surface area contributed by atoms with E-state index in [1.165, 1.54) is 38.2 Å². The number of piperidine rings is 1. The van der Waals surface area contributed by atoms with E-state index < -0.39 is 4.92 Å². The third-order valence-electron chi connectivity index (χ3n) is 5.09. The monoisotopic (exact) mass is 290 g/mol. The molecular formula is C16H22N2O3. The maximum atomic E-state index is 10.9. The first-order chi connectivity index (χ1) is 10.2. The van der Waals surface area contributed by atoms with Gasteiger partial charge in [0.25, 0.3) is 5.69 Å². The molecule has 1 heterocycles. The lowest BCUT2D eigenvalue weighted by atomic mass is 9.75. The molecule has 2 atom stereocenters. The second kappa shape index (κ2) is 6.02. The SMILES string of the molecule is O=[N+]([O-])c1ccc(N2CCC3CCCCC3C2)cc1CO. The van der Waals surface area contributed by atoms with Gasteiger partial charge in [-0.25, -0.2) is 0 Å². The van der Waals surface area contributed by atoms with Crippen molar-refractivity contribution in [1.29, 1.82) is 0 Å². The highest BCUT2D eigenvalue weighted by Gasteiger charge is 2.31. The minimum absolute atomic E-state index is 0.00815. The molecule has 21 heavy (non-hydrogen) atoms. The summed E-state index contributed by atoms with van der Waals surface area (Å²) in [7, 11) is 0. The minimum Gasteiger partial charge on any atom is -0.391 e. The standard InChI is InChI=1S/C16H22N2O3/c19-11-14-9-15(5-6-16(14)18(20)21)17-8-7-12-3-1-2-4-13(12)10-17/h5-6,9,12-13,19H,1-4,7-8,10-11H2. The van der Waals surface area contributed by atoms with Gasteiger partial charge in [0.05, 0.1) is 17.1 Å². The molecular weight excluding hydrogens is 268 g/mol. The third-order valence-corrected chi connectivity index (χ3v) is 5.09. The highest BCUT2D eigenvalue weighted by Crippen LogP contribution is 2.38. The topological polar surface area (TPSA) is 66.6 Å². The van der Waals surface area contributed by atoms with Crippen molar-refractivity contribution in [2.24, 2.45) is 11.8 Å². The summed E-state index contributed by atoms with van der Waals surface area (Å²) < 4.78 is 0. The molecule has 1 aromatic rings. The van der Waals surface area contributed by atoms with Crippen LogP contribution in [0.4, 0.5) is 11.4 Å². The van der Waals surface area contributed by atoms with E-state index in [9.17, 15) is 15.2 Å². The fraction of sp³-hybridized carbons (Fsp3) is 0.625. The van der Waals surface area contributed by atoms with Gasteiger partial charge in [0.15, 0.2) is 0 Å². The molecule has 1 N–H and O–H groups in total. The highest BCUT2D eigenvalue weighted by molar-refractivity contribution is 5.55. The van der Waals surface area contributed by atoms with E-state index in [1.54, 1.807) is 6.07 Å². The number of benzene rings is 1. The van der Waals surface area contributed by atoms with Crippen molar-refractivity contribution < 1.29 is 10.0 Å². The Morgan fingerprint density at radius 1 is 1.24 bits per heavy atom. The Morgan fingerprint density at radius 2 is 2.00 bits per heavy atom. The number of rotatable bonds is 3. The summed E-state index contributed by atoms with van der Waals surface area (Å²) in [6.07, 6.45) is 6.59. The number of nitrogens with zero attached hydrogens (tertiary/aromatic N) is 2. The van der Waals surface area contributed by atoms with Crippen molar-refractivity contribution in [3.63, 3.8) is 0 Å². The number of aliphatic hydroxyl groups excluding tert-OH is 1. The summed E-state index contributed by atoms with van der Waals surface area (Å²) in [6.45, 7) is 1.78. The first-order valence-electron chi connectivity index (χ1n) is 7.82. The fourth-order valence-corrected chi connectivity index (χ4v) is 3.91. The van der Waals surface area contributed by atoms with Gasteiger partial charge < -0.3 is 10.0 Å². The smallest absolute Gasteiger partial charge is 0.275 e. The largest absolute Gasteiger partial charge is 0.391 e. The van der Waals surface area contributed by atoms with Crippen LogP contribution in [0, 0.1) is 22.0 Å². The van der Waals surface area contributed by atoms with E-state index in [4.69, 9.17) is 0 Å². The number of nitro benzene ring substituents is 1. The minimum atomic E-state index is -0.428. The molecule has 5 heteroatoms. The van der Waals surface area contributed by atoms with Crippen LogP contribution in [0.3, 0.4) is 0 Å². The molecule has 2 unspecified atom stereocenters. The lowest BCUT2D eigenvalue weighted by molar-refractivity contribution is -0.385. The predicted molar refractivity (Wildman–Crippen MR) is 81.3 cm³/mol. The summed E-state index contributed by atoms with van der Waals surface area (Å²) in [4.78, 5) is 12.8. The molecule has 3 rings (SSSR count). The lowest BCUT2D eigenvalue weighted by Crippen LogP contribution is -2.41. The normalized spacial score (nSPS) is 25.5. The van der Waals surface area contributed by atoms with Crippen molar-refractivity contribution in [2.75, 3.05) is 18.0 Å². The van der Waals surface area contributed by atoms with E-state index in [0.717, 1.165) is 30.6 Å². The van der Waals surface area contributed by atoms with Crippen LogP contribution in [0.2, 0.25) is 0 Å². The molecule has 1 aromatic carbocycles. The van der Waals surface area contributed by atoms with Gasteiger partial charge in [-0.15, -0.1) is 0 Å². The molecule has 114 valence electrons. The van der Waals surface area contributed by atoms with E-state index in [-0.39, 0.29) is 12.3 Å². The van der Waals surface area contributed by atoms with Crippen LogP contribution in [0.1, 0.15) is 37.7 Å². The summed E-state index contributed by atoms with van der Waals surface area (Å²) in [5, 5.41) is 20.3. The van der Waals surface area contributed by atoms with Gasteiger partial charge in [-0.2, -0.15) is 0 Å². The third kappa shape index (κ3) is 2.88. The van der Waals surface area contributed by atoms with Gasteiger partial charge in [-0.1, -0.05) is 19.3 Å². The van der Waals surface area contributed by atoms with Crippen LogP contribution in [0.25, 0.3) is 0 Å². The zero-order valence-electron chi connectivity index (χ0n) is 12.2. The summed E-state index contributed by atoms with van der Waals surface area (Å²) in [6, 6.07) is 5.12. The number of nitro groups is 1. The Bertz CT molecular complexity index is 532. The maximum Gasteiger partial charge on any atom is 0.275 e. The highest BCUT2D eigenvalue weighted by atomic mass is 16.6. The molecule has 1 saturated heterocycles. The molecule has 1 aliphatic heterocycles. The second-order valence-corrected chi connectivity index (χ2v) is 6.27. The van der Waals surface area contributed by atoms with E-state index >= 15 is 0 Å². The van der Waals surface area contributed by atoms with E-state index in [2.05, 4.69) is 4.90 Å². The van der Waals surface area contributed by atoms with Crippen LogP contribution in [0.5, 0.6) is 0 Å². The number of anilines is 1. The molecule has 0 spiro atoms. The fourth-order valence-electron chi connectivity index (χ4n) is 3.91. The Morgan fingerprint density at radius 3 is 2.71 bits per heavy atom. The first kappa shape index (κ1) is 14.3. The number of aliphatic hydroxyl groups is 1. The lowest BCUT2D eigenvalue weighted by Gasteiger charge is -2.42. The second-order valence-electron chi connectivity index (χ2n) is 6.27. The zero-order chi connectivity index (χ0) is 14.8. The molecule has 5 nitrogen and oxygen atoms in total. The first-order valence-corrected chi connectivity index (χ1v) is 7.82. The van der Waals surface area contributed by atoms with Crippen LogP contribution in [-0.4, -0.2) is 23.1 Å². The average Bonchev–Trinajstić information content (AvgIpc) is 2.53. The van der Waals surface area contributed by atoms with Gasteiger partial charge in [0.1, 0.15) is 0 Å². The molecule has 0 amide bonds. The van der Waals surface area contributed by atoms with Gasteiger partial charge in [-0.05, 0) is 36.8 Å². The Hall–Kier alpha value is -1.62.